The van der Waals surface area contributed by atoms with E-state index in [4.69, 9.17) is 4.74 Å². The molecule has 0 aliphatic rings. The summed E-state index contributed by atoms with van der Waals surface area (Å²) in [5.74, 6) is 0.910. The number of halogens is 1. The number of ether oxygens (including phenoxy) is 1. The van der Waals surface area contributed by atoms with E-state index in [0.29, 0.717) is 6.42 Å². The average Bonchev–Trinajstić information content (AvgIpc) is 2.38. The van der Waals surface area contributed by atoms with Gasteiger partial charge in [0.15, 0.2) is 5.78 Å². The molecule has 0 N–H and O–H groups in total. The number of aryl methyl sites for hydroxylation is 2. The molecule has 0 saturated heterocycles. The van der Waals surface area contributed by atoms with Crippen LogP contribution in [0.15, 0.2) is 40.9 Å². The molecule has 0 amide bonds. The molecule has 2 aromatic rings. The Bertz CT molecular complexity index is 647. The topological polar surface area (TPSA) is 26.3 Å². The molecule has 2 aromatic carbocycles. The third-order valence-electron chi connectivity index (χ3n) is 3.26. The Balaban J connectivity index is 2.21. The lowest BCUT2D eigenvalue weighted by Crippen LogP contribution is -2.06. The van der Waals surface area contributed by atoms with Crippen LogP contribution in [0.4, 0.5) is 0 Å². The van der Waals surface area contributed by atoms with Crippen LogP contribution in [-0.4, -0.2) is 12.9 Å². The summed E-state index contributed by atoms with van der Waals surface area (Å²) in [5.41, 5.74) is 3.97. The predicted molar refractivity (Wildman–Crippen MR) is 84.6 cm³/mol. The SMILES string of the molecule is COc1ccc(CC(=O)c2ccc(C)cc2C)cc1Br. The van der Waals surface area contributed by atoms with Crippen LogP contribution in [-0.2, 0) is 6.42 Å². The lowest BCUT2D eigenvalue weighted by atomic mass is 9.98. The summed E-state index contributed by atoms with van der Waals surface area (Å²) in [6.45, 7) is 4.01. The van der Waals surface area contributed by atoms with Crippen LogP contribution in [0, 0.1) is 13.8 Å². The summed E-state index contributed by atoms with van der Waals surface area (Å²) in [7, 11) is 1.63. The summed E-state index contributed by atoms with van der Waals surface area (Å²) in [6.07, 6.45) is 0.395. The summed E-state index contributed by atoms with van der Waals surface area (Å²) in [5, 5.41) is 0. The average molecular weight is 333 g/mol. The minimum absolute atomic E-state index is 0.138. The first kappa shape index (κ1) is 14.8. The zero-order valence-corrected chi connectivity index (χ0v) is 13.5. The van der Waals surface area contributed by atoms with Gasteiger partial charge in [-0.2, -0.15) is 0 Å². The molecule has 0 aliphatic heterocycles. The van der Waals surface area contributed by atoms with Gasteiger partial charge in [0.1, 0.15) is 5.75 Å². The predicted octanol–water partition coefficient (Wildman–Crippen LogP) is 4.50. The minimum atomic E-state index is 0.138. The first-order chi connectivity index (χ1) is 9.51. The van der Waals surface area contributed by atoms with Crippen molar-refractivity contribution in [3.8, 4) is 5.75 Å². The lowest BCUT2D eigenvalue weighted by molar-refractivity contribution is 0.0992. The fourth-order valence-corrected chi connectivity index (χ4v) is 2.81. The van der Waals surface area contributed by atoms with Gasteiger partial charge in [-0.15, -0.1) is 0 Å². The molecular weight excluding hydrogens is 316 g/mol. The Kier molecular flexibility index (Phi) is 4.61. The maximum atomic E-state index is 12.4. The molecule has 0 aromatic heterocycles. The van der Waals surface area contributed by atoms with E-state index >= 15 is 0 Å². The van der Waals surface area contributed by atoms with E-state index in [1.54, 1.807) is 7.11 Å². The standard InChI is InChI=1S/C17H17BrO2/c1-11-4-6-14(12(2)8-11)16(19)10-13-5-7-17(20-3)15(18)9-13/h4-9H,10H2,1-3H3. The molecule has 0 spiro atoms. The lowest BCUT2D eigenvalue weighted by Gasteiger charge is -2.08. The molecule has 0 heterocycles. The van der Waals surface area contributed by atoms with Gasteiger partial charge in [-0.25, -0.2) is 0 Å². The molecule has 2 rings (SSSR count). The number of Topliss-reactive ketones (excluding diaryl/α,β-unsaturated/α-hetero) is 1. The van der Waals surface area contributed by atoms with Crippen LogP contribution < -0.4 is 4.74 Å². The number of methoxy groups -OCH3 is 1. The molecule has 0 radical (unpaired) electrons. The van der Waals surface area contributed by atoms with Crippen LogP contribution in [0.3, 0.4) is 0 Å². The van der Waals surface area contributed by atoms with Crippen molar-refractivity contribution >= 4 is 21.7 Å². The number of carbonyl (C=O) groups excluding carboxylic acids is 1. The Morgan fingerprint density at radius 2 is 1.90 bits per heavy atom. The van der Waals surface area contributed by atoms with E-state index in [2.05, 4.69) is 15.9 Å². The van der Waals surface area contributed by atoms with Crippen molar-refractivity contribution in [1.29, 1.82) is 0 Å². The Morgan fingerprint density at radius 3 is 2.50 bits per heavy atom. The van der Waals surface area contributed by atoms with Crippen molar-refractivity contribution < 1.29 is 9.53 Å². The number of rotatable bonds is 4. The number of carbonyl (C=O) groups is 1. The van der Waals surface area contributed by atoms with Crippen LogP contribution >= 0.6 is 15.9 Å². The molecule has 0 saturated carbocycles. The highest BCUT2D eigenvalue weighted by Gasteiger charge is 2.11. The maximum Gasteiger partial charge on any atom is 0.167 e. The van der Waals surface area contributed by atoms with E-state index < -0.39 is 0 Å². The number of benzene rings is 2. The first-order valence-electron chi connectivity index (χ1n) is 6.44. The fraction of sp³-hybridized carbons (Fsp3) is 0.235. The quantitative estimate of drug-likeness (QED) is 0.770. The maximum absolute atomic E-state index is 12.4. The summed E-state index contributed by atoms with van der Waals surface area (Å²) in [6, 6.07) is 11.6. The highest BCUT2D eigenvalue weighted by molar-refractivity contribution is 9.10. The fourth-order valence-electron chi connectivity index (χ4n) is 2.23. The van der Waals surface area contributed by atoms with Gasteiger partial charge in [0.2, 0.25) is 0 Å². The van der Waals surface area contributed by atoms with Gasteiger partial charge in [0.25, 0.3) is 0 Å². The van der Waals surface area contributed by atoms with Crippen molar-refractivity contribution in [3.05, 3.63) is 63.1 Å². The van der Waals surface area contributed by atoms with E-state index in [1.807, 2.05) is 50.2 Å². The third kappa shape index (κ3) is 3.28. The molecule has 20 heavy (non-hydrogen) atoms. The molecule has 0 fully saturated rings. The van der Waals surface area contributed by atoms with E-state index in [1.165, 1.54) is 5.56 Å². The van der Waals surface area contributed by atoms with Crippen LogP contribution in [0.5, 0.6) is 5.75 Å². The number of hydrogen-bond donors (Lipinski definition) is 0. The minimum Gasteiger partial charge on any atom is -0.496 e. The smallest absolute Gasteiger partial charge is 0.167 e. The van der Waals surface area contributed by atoms with E-state index in [0.717, 1.165) is 26.9 Å². The molecule has 2 nitrogen and oxygen atoms in total. The Morgan fingerprint density at radius 1 is 1.15 bits per heavy atom. The second-order valence-electron chi connectivity index (χ2n) is 4.89. The second kappa shape index (κ2) is 6.23. The van der Waals surface area contributed by atoms with Crippen molar-refractivity contribution in [2.45, 2.75) is 20.3 Å². The number of ketones is 1. The van der Waals surface area contributed by atoms with Gasteiger partial charge in [0.05, 0.1) is 11.6 Å². The molecule has 104 valence electrons. The van der Waals surface area contributed by atoms with Crippen LogP contribution in [0.25, 0.3) is 0 Å². The molecule has 0 bridgehead atoms. The molecule has 0 atom stereocenters. The van der Waals surface area contributed by atoms with Crippen LogP contribution in [0.2, 0.25) is 0 Å². The third-order valence-corrected chi connectivity index (χ3v) is 3.88. The van der Waals surface area contributed by atoms with Crippen molar-refractivity contribution in [3.63, 3.8) is 0 Å². The van der Waals surface area contributed by atoms with Crippen LogP contribution in [0.1, 0.15) is 27.0 Å². The van der Waals surface area contributed by atoms with Crippen molar-refractivity contribution in [2.24, 2.45) is 0 Å². The monoisotopic (exact) mass is 332 g/mol. The molecule has 3 heteroatoms. The summed E-state index contributed by atoms with van der Waals surface area (Å²) in [4.78, 5) is 12.4. The van der Waals surface area contributed by atoms with Gasteiger partial charge in [-0.1, -0.05) is 29.8 Å². The summed E-state index contributed by atoms with van der Waals surface area (Å²) >= 11 is 3.44. The van der Waals surface area contributed by atoms with Crippen molar-refractivity contribution in [2.75, 3.05) is 7.11 Å². The normalized spacial score (nSPS) is 10.4. The highest BCUT2D eigenvalue weighted by atomic mass is 79.9. The number of hydrogen-bond acceptors (Lipinski definition) is 2. The van der Waals surface area contributed by atoms with Gasteiger partial charge in [0, 0.05) is 12.0 Å². The highest BCUT2D eigenvalue weighted by Crippen LogP contribution is 2.26. The largest absolute Gasteiger partial charge is 0.496 e. The Hall–Kier alpha value is -1.61. The molecule has 0 aliphatic carbocycles. The van der Waals surface area contributed by atoms with Gasteiger partial charge >= 0.3 is 0 Å². The zero-order valence-electron chi connectivity index (χ0n) is 11.9. The molecular formula is C17H17BrO2. The second-order valence-corrected chi connectivity index (χ2v) is 5.74. The Labute approximate surface area is 127 Å². The van der Waals surface area contributed by atoms with E-state index in [9.17, 15) is 4.79 Å². The van der Waals surface area contributed by atoms with Gasteiger partial charge in [-0.3, -0.25) is 4.79 Å². The van der Waals surface area contributed by atoms with E-state index in [-0.39, 0.29) is 5.78 Å². The van der Waals surface area contributed by atoms with Gasteiger partial charge < -0.3 is 4.74 Å². The molecule has 0 unspecified atom stereocenters. The zero-order chi connectivity index (χ0) is 14.7. The van der Waals surface area contributed by atoms with Gasteiger partial charge in [-0.05, 0) is 53.0 Å². The van der Waals surface area contributed by atoms with Crippen molar-refractivity contribution in [1.82, 2.24) is 0 Å². The summed E-state index contributed by atoms with van der Waals surface area (Å²) < 4.78 is 6.06. The first-order valence-corrected chi connectivity index (χ1v) is 7.23.